The average Bonchev–Trinajstić information content (AvgIpc) is 2.78. The Labute approximate surface area is 86.7 Å². The van der Waals surface area contributed by atoms with Crippen LogP contribution in [0.3, 0.4) is 0 Å². The van der Waals surface area contributed by atoms with E-state index in [0.29, 0.717) is 6.61 Å². The van der Waals surface area contributed by atoms with Gasteiger partial charge in [-0.05, 0) is 6.42 Å². The summed E-state index contributed by atoms with van der Waals surface area (Å²) in [5.41, 5.74) is -0.0271. The second-order valence-corrected chi connectivity index (χ2v) is 3.54. The Morgan fingerprint density at radius 3 is 2.71 bits per heavy atom. The molecule has 14 heavy (non-hydrogen) atoms. The number of hydrogen-bond acceptors (Lipinski definition) is 3. The molecule has 2 heterocycles. The van der Waals surface area contributed by atoms with Gasteiger partial charge in [-0.1, -0.05) is 20.8 Å². The molecule has 2 aliphatic rings. The van der Waals surface area contributed by atoms with Crippen LogP contribution in [0.25, 0.3) is 0 Å². The zero-order chi connectivity index (χ0) is 10.6. The van der Waals surface area contributed by atoms with E-state index in [2.05, 4.69) is 6.92 Å². The summed E-state index contributed by atoms with van der Waals surface area (Å²) in [6.45, 7) is 7.66. The molecule has 3 atom stereocenters. The van der Waals surface area contributed by atoms with E-state index in [1.54, 1.807) is 7.11 Å². The first-order valence-electron chi connectivity index (χ1n) is 5.61. The molecule has 0 aromatic heterocycles. The Balaban J connectivity index is 0.000000461. The first-order valence-corrected chi connectivity index (χ1v) is 5.61. The van der Waals surface area contributed by atoms with Crippen molar-refractivity contribution >= 4 is 0 Å². The quantitative estimate of drug-likeness (QED) is 0.685. The summed E-state index contributed by atoms with van der Waals surface area (Å²) in [4.78, 5) is 0. The van der Waals surface area contributed by atoms with Gasteiger partial charge in [0.1, 0.15) is 12.2 Å². The summed E-state index contributed by atoms with van der Waals surface area (Å²) in [5.74, 6) is 0. The highest BCUT2D eigenvalue weighted by Crippen LogP contribution is 2.40. The Kier molecular flexibility index (Phi) is 4.35. The van der Waals surface area contributed by atoms with Gasteiger partial charge in [0.15, 0.2) is 0 Å². The average molecular weight is 202 g/mol. The van der Waals surface area contributed by atoms with Crippen LogP contribution in [-0.2, 0) is 14.2 Å². The maximum atomic E-state index is 5.77. The van der Waals surface area contributed by atoms with Crippen molar-refractivity contribution in [1.29, 1.82) is 0 Å². The van der Waals surface area contributed by atoms with Gasteiger partial charge in [0.2, 0.25) is 0 Å². The van der Waals surface area contributed by atoms with Crippen LogP contribution in [0.2, 0.25) is 0 Å². The van der Waals surface area contributed by atoms with E-state index >= 15 is 0 Å². The van der Waals surface area contributed by atoms with Gasteiger partial charge < -0.3 is 14.2 Å². The summed E-state index contributed by atoms with van der Waals surface area (Å²) >= 11 is 0. The van der Waals surface area contributed by atoms with Crippen molar-refractivity contribution in [3.8, 4) is 0 Å². The van der Waals surface area contributed by atoms with Gasteiger partial charge in [-0.2, -0.15) is 0 Å². The maximum absolute atomic E-state index is 5.77. The standard InChI is InChI=1S/C9H16O3.C2H6/c1-3-9-4-5-11-8(9)7(10-2)6-12-9;1-2/h7-8H,3-6H2,1-2H3;1-2H3/t7-,8-,9-;/m1./s1. The van der Waals surface area contributed by atoms with E-state index in [-0.39, 0.29) is 17.8 Å². The summed E-state index contributed by atoms with van der Waals surface area (Å²) < 4.78 is 16.7. The lowest BCUT2D eigenvalue weighted by atomic mass is 9.92. The first kappa shape index (κ1) is 12.0. The third kappa shape index (κ3) is 1.81. The van der Waals surface area contributed by atoms with E-state index in [9.17, 15) is 0 Å². The number of ether oxygens (including phenoxy) is 3. The molecular formula is C11H22O3. The lowest BCUT2D eigenvalue weighted by Gasteiger charge is -2.25. The minimum Gasteiger partial charge on any atom is -0.376 e. The van der Waals surface area contributed by atoms with Crippen LogP contribution < -0.4 is 0 Å². The Morgan fingerprint density at radius 1 is 1.43 bits per heavy atom. The molecule has 2 fully saturated rings. The second-order valence-electron chi connectivity index (χ2n) is 3.54. The van der Waals surface area contributed by atoms with Crippen molar-refractivity contribution in [3.05, 3.63) is 0 Å². The third-order valence-electron chi connectivity index (χ3n) is 3.12. The van der Waals surface area contributed by atoms with Crippen molar-refractivity contribution < 1.29 is 14.2 Å². The summed E-state index contributed by atoms with van der Waals surface area (Å²) in [5, 5.41) is 0. The van der Waals surface area contributed by atoms with Gasteiger partial charge in [-0.15, -0.1) is 0 Å². The molecule has 0 N–H and O–H groups in total. The van der Waals surface area contributed by atoms with Crippen molar-refractivity contribution in [1.82, 2.24) is 0 Å². The highest BCUT2D eigenvalue weighted by molar-refractivity contribution is 5.01. The van der Waals surface area contributed by atoms with Gasteiger partial charge >= 0.3 is 0 Å². The minimum atomic E-state index is -0.0271. The van der Waals surface area contributed by atoms with E-state index in [4.69, 9.17) is 14.2 Å². The lowest BCUT2D eigenvalue weighted by Crippen LogP contribution is -2.39. The molecule has 3 nitrogen and oxygen atoms in total. The monoisotopic (exact) mass is 202 g/mol. The highest BCUT2D eigenvalue weighted by atomic mass is 16.6. The zero-order valence-corrected chi connectivity index (χ0v) is 9.71. The summed E-state index contributed by atoms with van der Waals surface area (Å²) in [6, 6.07) is 0. The first-order chi connectivity index (χ1) is 6.82. The van der Waals surface area contributed by atoms with Crippen LogP contribution in [0.5, 0.6) is 0 Å². The molecule has 3 heteroatoms. The third-order valence-corrected chi connectivity index (χ3v) is 3.12. The predicted molar refractivity (Wildman–Crippen MR) is 55.5 cm³/mol. The fourth-order valence-electron chi connectivity index (χ4n) is 2.26. The topological polar surface area (TPSA) is 27.7 Å². The fourth-order valence-corrected chi connectivity index (χ4v) is 2.26. The van der Waals surface area contributed by atoms with Crippen molar-refractivity contribution in [2.45, 2.75) is 51.4 Å². The highest BCUT2D eigenvalue weighted by Gasteiger charge is 2.53. The molecule has 84 valence electrons. The molecule has 2 aliphatic heterocycles. The number of fused-ring (bicyclic) bond motifs is 1. The summed E-state index contributed by atoms with van der Waals surface area (Å²) in [7, 11) is 1.72. The van der Waals surface area contributed by atoms with Crippen LogP contribution in [0.15, 0.2) is 0 Å². The molecule has 0 bridgehead atoms. The van der Waals surface area contributed by atoms with E-state index in [0.717, 1.165) is 19.4 Å². The van der Waals surface area contributed by atoms with Crippen molar-refractivity contribution in [2.75, 3.05) is 20.3 Å². The van der Waals surface area contributed by atoms with Crippen LogP contribution in [-0.4, -0.2) is 38.1 Å². The summed E-state index contributed by atoms with van der Waals surface area (Å²) in [6.07, 6.45) is 2.37. The molecule has 0 aromatic rings. The molecule has 0 aromatic carbocycles. The fraction of sp³-hybridized carbons (Fsp3) is 1.00. The maximum Gasteiger partial charge on any atom is 0.115 e. The molecule has 2 rings (SSSR count). The van der Waals surface area contributed by atoms with Gasteiger partial charge in [0, 0.05) is 13.5 Å². The largest absolute Gasteiger partial charge is 0.376 e. The zero-order valence-electron chi connectivity index (χ0n) is 9.71. The van der Waals surface area contributed by atoms with Crippen molar-refractivity contribution in [3.63, 3.8) is 0 Å². The molecule has 2 saturated heterocycles. The van der Waals surface area contributed by atoms with Crippen LogP contribution in [0.1, 0.15) is 33.6 Å². The molecule has 0 aliphatic carbocycles. The van der Waals surface area contributed by atoms with Crippen LogP contribution >= 0.6 is 0 Å². The number of hydrogen-bond donors (Lipinski definition) is 0. The number of methoxy groups -OCH3 is 1. The molecular weight excluding hydrogens is 180 g/mol. The van der Waals surface area contributed by atoms with E-state index in [1.165, 1.54) is 0 Å². The second kappa shape index (κ2) is 5.10. The smallest absolute Gasteiger partial charge is 0.115 e. The molecule has 0 amide bonds. The molecule has 0 unspecified atom stereocenters. The molecule has 0 spiro atoms. The van der Waals surface area contributed by atoms with Gasteiger partial charge in [0.05, 0.1) is 18.8 Å². The Bertz CT molecular complexity index is 172. The van der Waals surface area contributed by atoms with E-state index in [1.807, 2.05) is 13.8 Å². The SMILES string of the molecule is CC.CC[C@@]12CCO[C@@H]1[C@H](OC)CO2. The van der Waals surface area contributed by atoms with Gasteiger partial charge in [-0.25, -0.2) is 0 Å². The normalized spacial score (nSPS) is 40.3. The van der Waals surface area contributed by atoms with E-state index < -0.39 is 0 Å². The number of rotatable bonds is 2. The van der Waals surface area contributed by atoms with Gasteiger partial charge in [0.25, 0.3) is 0 Å². The predicted octanol–water partition coefficient (Wildman–Crippen LogP) is 2.00. The van der Waals surface area contributed by atoms with Crippen LogP contribution in [0, 0.1) is 0 Å². The minimum absolute atomic E-state index is 0.0271. The molecule has 0 saturated carbocycles. The Hall–Kier alpha value is -0.120. The molecule has 0 radical (unpaired) electrons. The van der Waals surface area contributed by atoms with Crippen LogP contribution in [0.4, 0.5) is 0 Å². The Morgan fingerprint density at radius 2 is 2.14 bits per heavy atom. The van der Waals surface area contributed by atoms with Gasteiger partial charge in [-0.3, -0.25) is 0 Å². The van der Waals surface area contributed by atoms with Crippen molar-refractivity contribution in [2.24, 2.45) is 0 Å². The lowest BCUT2D eigenvalue weighted by molar-refractivity contribution is -0.0346.